The standard InChI is InChI=1S/Al.Fe.Na.H2O3Si.4H/c;;;1-4(2)3;;;;/h;;;1-2H;;;;. The van der Waals surface area contributed by atoms with E-state index in [2.05, 4.69) is 0 Å². The predicted molar refractivity (Wildman–Crippen MR) is 28.0 cm³/mol. The van der Waals surface area contributed by atoms with Crippen molar-refractivity contribution >= 4 is 56.1 Å². The van der Waals surface area contributed by atoms with Crippen molar-refractivity contribution in [3.05, 3.63) is 0 Å². The van der Waals surface area contributed by atoms with Crippen LogP contribution in [0.3, 0.4) is 0 Å². The van der Waals surface area contributed by atoms with Crippen molar-refractivity contribution < 1.29 is 31.1 Å². The molecule has 0 aromatic carbocycles. The molecule has 0 aromatic rings. The van der Waals surface area contributed by atoms with Crippen LogP contribution >= 0.6 is 0 Å². The van der Waals surface area contributed by atoms with Gasteiger partial charge in [-0.25, -0.2) is 0 Å². The Hall–Kier alpha value is 1.67. The molecule has 0 amide bonds. The van der Waals surface area contributed by atoms with Gasteiger partial charge in [-0.3, -0.25) is 4.46 Å². The molecule has 2 N–H and O–H groups in total. The third kappa shape index (κ3) is 88.5. The van der Waals surface area contributed by atoms with E-state index < -0.39 is 9.17 Å². The fourth-order valence-corrected chi connectivity index (χ4v) is 0. The maximum atomic E-state index is 8.74. The second-order valence-corrected chi connectivity index (χ2v) is 0.848. The third-order valence-electron chi connectivity index (χ3n) is 0. The molecule has 0 bridgehead atoms. The Morgan fingerprint density at radius 3 is 1.29 bits per heavy atom. The zero-order valence-electron chi connectivity index (χ0n) is 2.16. The molecular weight excluding hydrogens is 182 g/mol. The van der Waals surface area contributed by atoms with Crippen LogP contribution in [0.15, 0.2) is 0 Å². The summed E-state index contributed by atoms with van der Waals surface area (Å²) < 4.78 is 8.74. The van der Waals surface area contributed by atoms with Crippen LogP contribution in [0.1, 0.15) is 0 Å². The Morgan fingerprint density at radius 2 is 1.29 bits per heavy atom. The molecule has 0 radical (unpaired) electrons. The molecule has 0 saturated heterocycles. The number of hydrogen-bond donors (Lipinski definition) is 2. The summed E-state index contributed by atoms with van der Waals surface area (Å²) >= 11 is 0. The van der Waals surface area contributed by atoms with E-state index in [4.69, 9.17) is 14.1 Å². The molecule has 0 rings (SSSR count). The van der Waals surface area contributed by atoms with Crippen molar-refractivity contribution in [1.29, 1.82) is 0 Å². The van der Waals surface area contributed by atoms with Crippen LogP contribution in [0, 0.1) is 0 Å². The molecule has 0 fully saturated rings. The Bertz CT molecular complexity index is 37.9. The molecule has 0 spiro atoms. The molecule has 0 aliphatic heterocycles. The average molecular weight is 188 g/mol. The van der Waals surface area contributed by atoms with Gasteiger partial charge in [0, 0.05) is 17.1 Å². The van der Waals surface area contributed by atoms with Gasteiger partial charge in [-0.05, 0) is 0 Å². The summed E-state index contributed by atoms with van der Waals surface area (Å²) in [7, 11) is -3.13. The van der Waals surface area contributed by atoms with Crippen LogP contribution in [0.25, 0.3) is 0 Å². The molecule has 0 aliphatic rings. The van der Waals surface area contributed by atoms with Gasteiger partial charge < -0.3 is 9.59 Å². The fraction of sp³-hybridized carbons (Fsp3) is 0. The summed E-state index contributed by atoms with van der Waals surface area (Å²) in [5.41, 5.74) is 0. The first-order valence-corrected chi connectivity index (χ1v) is 1.95. The van der Waals surface area contributed by atoms with Crippen molar-refractivity contribution in [3.63, 3.8) is 0 Å². The maximum absolute atomic E-state index is 8.74. The topological polar surface area (TPSA) is 57.5 Å². The second kappa shape index (κ2) is 15.6. The van der Waals surface area contributed by atoms with Gasteiger partial charge in [-0.2, -0.15) is 0 Å². The van der Waals surface area contributed by atoms with Gasteiger partial charge in [-0.1, -0.05) is 0 Å². The molecule has 0 atom stereocenters. The summed E-state index contributed by atoms with van der Waals surface area (Å²) in [6, 6.07) is 0. The van der Waals surface area contributed by atoms with Crippen molar-refractivity contribution in [2.75, 3.05) is 0 Å². The minimum absolute atomic E-state index is 0. The summed E-state index contributed by atoms with van der Waals surface area (Å²) in [6.07, 6.45) is 0. The van der Waals surface area contributed by atoms with Crippen molar-refractivity contribution in [2.45, 2.75) is 0 Å². The molecule has 0 unspecified atom stereocenters. The summed E-state index contributed by atoms with van der Waals surface area (Å²) in [6.45, 7) is 0. The van der Waals surface area contributed by atoms with E-state index in [1.54, 1.807) is 0 Å². The van der Waals surface area contributed by atoms with E-state index in [1.165, 1.54) is 0 Å². The van der Waals surface area contributed by atoms with Crippen LogP contribution in [0.4, 0.5) is 0 Å². The van der Waals surface area contributed by atoms with Gasteiger partial charge in [0.2, 0.25) is 0 Å². The molecule has 7 heteroatoms. The summed E-state index contributed by atoms with van der Waals surface area (Å²) in [5.74, 6) is 0. The van der Waals surface area contributed by atoms with Gasteiger partial charge in [0.05, 0.1) is 0 Å². The molecular formula is H6AlFeNaO3Si. The molecule has 0 saturated carbocycles. The van der Waals surface area contributed by atoms with Gasteiger partial charge in [0.1, 0.15) is 0 Å². The molecule has 40 valence electrons. The second-order valence-electron chi connectivity index (χ2n) is 0.283. The summed E-state index contributed by atoms with van der Waals surface area (Å²) in [5, 5.41) is 0. The van der Waals surface area contributed by atoms with E-state index in [1.807, 2.05) is 0 Å². The van der Waals surface area contributed by atoms with Crippen molar-refractivity contribution in [1.82, 2.24) is 0 Å². The first kappa shape index (κ1) is 23.4. The van der Waals surface area contributed by atoms with Gasteiger partial charge in [-0.15, -0.1) is 0 Å². The van der Waals surface area contributed by atoms with E-state index in [0.717, 1.165) is 0 Å². The van der Waals surface area contributed by atoms with Crippen molar-refractivity contribution in [2.24, 2.45) is 0 Å². The first-order valence-electron chi connectivity index (χ1n) is 0.651. The fourth-order valence-electron chi connectivity index (χ4n) is 0. The van der Waals surface area contributed by atoms with Crippen LogP contribution in [-0.2, 0) is 21.5 Å². The monoisotopic (exact) mass is 188 g/mol. The van der Waals surface area contributed by atoms with Crippen LogP contribution in [0.2, 0.25) is 0 Å². The SMILES string of the molecule is O=[Si](O)O.[AlH3].[Fe].[NaH]. The van der Waals surface area contributed by atoms with Crippen molar-refractivity contribution in [3.8, 4) is 0 Å². The van der Waals surface area contributed by atoms with Gasteiger partial charge in [0.15, 0.2) is 17.4 Å². The Kier molecular flexibility index (Phi) is 52.3. The quantitative estimate of drug-likeness (QED) is 0.388. The zero-order valence-corrected chi connectivity index (χ0v) is 4.26. The molecule has 0 aromatic heterocycles. The molecule has 0 aliphatic carbocycles. The number of rotatable bonds is 0. The Labute approximate surface area is 86.3 Å². The van der Waals surface area contributed by atoms with E-state index >= 15 is 0 Å². The number of hydrogen-bond acceptors (Lipinski definition) is 1. The third-order valence-corrected chi connectivity index (χ3v) is 0. The van der Waals surface area contributed by atoms with E-state index in [-0.39, 0.29) is 64.0 Å². The molecule has 3 nitrogen and oxygen atoms in total. The van der Waals surface area contributed by atoms with Crippen LogP contribution < -0.4 is 0 Å². The Morgan fingerprint density at radius 1 is 1.29 bits per heavy atom. The zero-order chi connectivity index (χ0) is 3.58. The van der Waals surface area contributed by atoms with Crippen LogP contribution in [-0.4, -0.2) is 65.7 Å². The minimum atomic E-state index is -3.13. The predicted octanol–water partition coefficient (Wildman–Crippen LogP) is -3.45. The van der Waals surface area contributed by atoms with Crippen LogP contribution in [0.5, 0.6) is 0 Å². The molecule has 7 heavy (non-hydrogen) atoms. The van der Waals surface area contributed by atoms with Gasteiger partial charge in [0.25, 0.3) is 0 Å². The molecule has 0 heterocycles. The Balaban J connectivity index is -0.0000000150. The summed E-state index contributed by atoms with van der Waals surface area (Å²) in [4.78, 5) is 14.3. The van der Waals surface area contributed by atoms with E-state index in [9.17, 15) is 0 Å². The van der Waals surface area contributed by atoms with E-state index in [0.29, 0.717) is 0 Å². The average Bonchev–Trinajstić information content (AvgIpc) is 0.811. The van der Waals surface area contributed by atoms with Gasteiger partial charge >= 0.3 is 38.7 Å². The normalized spacial score (nSPS) is 3.43. The first-order chi connectivity index (χ1) is 1.73.